The zero-order chi connectivity index (χ0) is 9.84. The Hall–Kier alpha value is -1.91. The summed E-state index contributed by atoms with van der Waals surface area (Å²) in [6.07, 6.45) is 1.54. The minimum absolute atomic E-state index is 0.0213. The number of hydrogen-bond donors (Lipinski definition) is 0. The molecule has 1 aromatic rings. The van der Waals surface area contributed by atoms with E-state index in [0.29, 0.717) is 0 Å². The summed E-state index contributed by atoms with van der Waals surface area (Å²) < 4.78 is 4.75. The molecule has 2 radical (unpaired) electrons. The maximum Gasteiger partial charge on any atom is 0.278 e. The Balaban J connectivity index is 3.20. The van der Waals surface area contributed by atoms with Gasteiger partial charge in [0.05, 0.1) is 23.7 Å². The van der Waals surface area contributed by atoms with Crippen LogP contribution in [-0.2, 0) is 4.79 Å². The molecule has 0 aliphatic heterocycles. The Morgan fingerprint density at radius 1 is 1.69 bits per heavy atom. The zero-order valence-electron chi connectivity index (χ0n) is 6.73. The van der Waals surface area contributed by atoms with Crippen LogP contribution in [0.4, 0.5) is 5.69 Å². The van der Waals surface area contributed by atoms with Gasteiger partial charge in [0.2, 0.25) is 6.29 Å². The van der Waals surface area contributed by atoms with Gasteiger partial charge >= 0.3 is 0 Å². The van der Waals surface area contributed by atoms with Crippen molar-refractivity contribution < 1.29 is 14.5 Å². The SMILES string of the molecule is COc1c[c]c([N+](=O)[O-])cc1[C]=O. The first-order chi connectivity index (χ1) is 6.19. The van der Waals surface area contributed by atoms with E-state index in [0.717, 1.165) is 6.07 Å². The molecule has 0 unspecified atom stereocenters. The summed E-state index contributed by atoms with van der Waals surface area (Å²) in [5.74, 6) is 0.223. The van der Waals surface area contributed by atoms with E-state index in [1.807, 2.05) is 0 Å². The largest absolute Gasteiger partial charge is 0.496 e. The summed E-state index contributed by atoms with van der Waals surface area (Å²) >= 11 is 0. The van der Waals surface area contributed by atoms with Crippen molar-refractivity contribution in [3.63, 3.8) is 0 Å². The molecule has 13 heavy (non-hydrogen) atoms. The number of carbonyl (C=O) groups excluding carboxylic acids is 1. The van der Waals surface area contributed by atoms with Crippen LogP contribution in [-0.4, -0.2) is 18.3 Å². The predicted octanol–water partition coefficient (Wildman–Crippen LogP) is 0.861. The third-order valence-corrected chi connectivity index (χ3v) is 1.42. The van der Waals surface area contributed by atoms with Gasteiger partial charge in [-0.25, -0.2) is 0 Å². The lowest BCUT2D eigenvalue weighted by Gasteiger charge is -2.00. The predicted molar refractivity (Wildman–Crippen MR) is 43.3 cm³/mol. The summed E-state index contributed by atoms with van der Waals surface area (Å²) in [7, 11) is 1.36. The van der Waals surface area contributed by atoms with Crippen LogP contribution in [0, 0.1) is 16.2 Å². The number of methoxy groups -OCH3 is 1. The minimum Gasteiger partial charge on any atom is -0.496 e. The lowest BCUT2D eigenvalue weighted by molar-refractivity contribution is -0.385. The van der Waals surface area contributed by atoms with E-state index in [1.165, 1.54) is 13.2 Å². The second-order valence-electron chi connectivity index (χ2n) is 2.16. The lowest BCUT2D eigenvalue weighted by atomic mass is 10.2. The molecule has 5 heteroatoms. The van der Waals surface area contributed by atoms with E-state index in [4.69, 9.17) is 4.74 Å². The Bertz CT molecular complexity index is 348. The summed E-state index contributed by atoms with van der Waals surface area (Å²) in [6.45, 7) is 0. The van der Waals surface area contributed by atoms with E-state index in [-0.39, 0.29) is 17.0 Å². The van der Waals surface area contributed by atoms with E-state index >= 15 is 0 Å². The quantitative estimate of drug-likeness (QED) is 0.509. The van der Waals surface area contributed by atoms with Crippen LogP contribution in [0.1, 0.15) is 5.56 Å². The van der Waals surface area contributed by atoms with Crippen LogP contribution in [0.15, 0.2) is 12.1 Å². The van der Waals surface area contributed by atoms with Crippen molar-refractivity contribution in [3.8, 4) is 5.75 Å². The summed E-state index contributed by atoms with van der Waals surface area (Å²) in [5.41, 5.74) is -0.257. The topological polar surface area (TPSA) is 69.4 Å². The van der Waals surface area contributed by atoms with Gasteiger partial charge in [-0.15, -0.1) is 0 Å². The third kappa shape index (κ3) is 1.81. The van der Waals surface area contributed by atoms with Crippen molar-refractivity contribution in [2.45, 2.75) is 0 Å². The molecule has 0 fully saturated rings. The molecule has 0 N–H and O–H groups in total. The smallest absolute Gasteiger partial charge is 0.278 e. The number of ether oxygens (including phenoxy) is 1. The van der Waals surface area contributed by atoms with Crippen molar-refractivity contribution in [1.82, 2.24) is 0 Å². The molecule has 0 aliphatic carbocycles. The van der Waals surface area contributed by atoms with Gasteiger partial charge in [-0.2, -0.15) is 0 Å². The average Bonchev–Trinajstić information content (AvgIpc) is 2.16. The fourth-order valence-electron chi connectivity index (χ4n) is 0.821. The molecular weight excluding hydrogens is 174 g/mol. The van der Waals surface area contributed by atoms with E-state index in [1.54, 1.807) is 6.29 Å². The molecule has 66 valence electrons. The molecule has 0 aliphatic rings. The highest BCUT2D eigenvalue weighted by molar-refractivity contribution is 5.80. The number of non-ortho nitro benzene ring substituents is 1. The Morgan fingerprint density at radius 2 is 2.38 bits per heavy atom. The van der Waals surface area contributed by atoms with Crippen molar-refractivity contribution in [3.05, 3.63) is 33.9 Å². The minimum atomic E-state index is -0.639. The van der Waals surface area contributed by atoms with Crippen molar-refractivity contribution in [2.75, 3.05) is 7.11 Å². The molecule has 0 spiro atoms. The van der Waals surface area contributed by atoms with Crippen LogP contribution < -0.4 is 4.74 Å². The monoisotopic (exact) mass is 179 g/mol. The molecule has 0 aromatic heterocycles. The first kappa shape index (κ1) is 9.18. The number of benzene rings is 1. The lowest BCUT2D eigenvalue weighted by Crippen LogP contribution is -1.94. The van der Waals surface area contributed by atoms with E-state index in [9.17, 15) is 14.9 Å². The van der Waals surface area contributed by atoms with Crippen molar-refractivity contribution in [2.24, 2.45) is 0 Å². The van der Waals surface area contributed by atoms with Gasteiger partial charge < -0.3 is 4.74 Å². The highest BCUT2D eigenvalue weighted by atomic mass is 16.6. The normalized spacial score (nSPS) is 9.31. The average molecular weight is 179 g/mol. The van der Waals surface area contributed by atoms with Gasteiger partial charge in [0.1, 0.15) is 5.75 Å². The van der Waals surface area contributed by atoms with Gasteiger partial charge in [-0.3, -0.25) is 14.9 Å². The molecule has 0 amide bonds. The molecule has 0 saturated carbocycles. The Morgan fingerprint density at radius 3 is 2.85 bits per heavy atom. The van der Waals surface area contributed by atoms with E-state index in [2.05, 4.69) is 6.07 Å². The maximum absolute atomic E-state index is 10.3. The number of hydrogen-bond acceptors (Lipinski definition) is 4. The molecule has 0 heterocycles. The number of nitro groups is 1. The second-order valence-corrected chi connectivity index (χ2v) is 2.16. The van der Waals surface area contributed by atoms with Crippen molar-refractivity contribution in [1.29, 1.82) is 0 Å². The highest BCUT2D eigenvalue weighted by Gasteiger charge is 2.11. The third-order valence-electron chi connectivity index (χ3n) is 1.42. The number of nitrogens with zero attached hydrogens (tertiary/aromatic N) is 1. The van der Waals surface area contributed by atoms with Crippen LogP contribution in [0.5, 0.6) is 5.75 Å². The Kier molecular flexibility index (Phi) is 2.59. The molecule has 0 bridgehead atoms. The summed E-state index contributed by atoms with van der Waals surface area (Å²) in [4.78, 5) is 20.0. The van der Waals surface area contributed by atoms with Crippen LogP contribution in [0.2, 0.25) is 0 Å². The van der Waals surface area contributed by atoms with Crippen LogP contribution >= 0.6 is 0 Å². The van der Waals surface area contributed by atoms with Gasteiger partial charge in [0.25, 0.3) is 5.69 Å². The maximum atomic E-state index is 10.3. The molecule has 0 saturated heterocycles. The van der Waals surface area contributed by atoms with Gasteiger partial charge in [-0.05, 0) is 6.07 Å². The van der Waals surface area contributed by atoms with Crippen molar-refractivity contribution >= 4 is 12.0 Å². The molecule has 5 nitrogen and oxygen atoms in total. The molecule has 0 atom stereocenters. The molecule has 1 aromatic carbocycles. The van der Waals surface area contributed by atoms with Gasteiger partial charge in [-0.1, -0.05) is 0 Å². The van der Waals surface area contributed by atoms with Crippen LogP contribution in [0.3, 0.4) is 0 Å². The highest BCUT2D eigenvalue weighted by Crippen LogP contribution is 2.21. The fraction of sp³-hybridized carbons (Fsp3) is 0.125. The van der Waals surface area contributed by atoms with Gasteiger partial charge in [0.15, 0.2) is 0 Å². The number of nitro benzene ring substituents is 1. The van der Waals surface area contributed by atoms with E-state index < -0.39 is 4.92 Å². The fourth-order valence-corrected chi connectivity index (χ4v) is 0.821. The van der Waals surface area contributed by atoms with Gasteiger partial charge in [0, 0.05) is 6.07 Å². The number of rotatable bonds is 3. The molecule has 1 rings (SSSR count). The second kappa shape index (κ2) is 3.66. The first-order valence-electron chi connectivity index (χ1n) is 3.31. The summed E-state index contributed by atoms with van der Waals surface area (Å²) in [5, 5.41) is 10.3. The first-order valence-corrected chi connectivity index (χ1v) is 3.31. The van der Waals surface area contributed by atoms with Crippen LogP contribution in [0.25, 0.3) is 0 Å². The zero-order valence-corrected chi connectivity index (χ0v) is 6.73. The standard InChI is InChI=1S/C8H5NO4/c1-13-8-3-2-7(9(11)12)4-6(8)5-10/h3-4H,1H3. The molecular formula is C8H5NO4. The Labute approximate surface area is 74.1 Å². The summed E-state index contributed by atoms with van der Waals surface area (Å²) in [6, 6.07) is 4.65.